The van der Waals surface area contributed by atoms with E-state index in [9.17, 15) is 17.6 Å². The molecular formula is C27H30FN3O3S. The SMILES string of the molecule is Cc1ccc(S(=O)(=O)N(CC(=O)NC(C)c2ccc(N3CCCC3)cc2)c2ccccc2F)cc1. The largest absolute Gasteiger partial charge is 0.372 e. The van der Waals surface area contributed by atoms with E-state index in [1.807, 2.05) is 38.1 Å². The van der Waals surface area contributed by atoms with Gasteiger partial charge in [0.25, 0.3) is 10.0 Å². The summed E-state index contributed by atoms with van der Waals surface area (Å²) >= 11 is 0. The fourth-order valence-corrected chi connectivity index (χ4v) is 5.67. The number of carbonyl (C=O) groups is 1. The van der Waals surface area contributed by atoms with Crippen molar-refractivity contribution in [2.75, 3.05) is 28.8 Å². The molecule has 1 heterocycles. The number of sulfonamides is 1. The van der Waals surface area contributed by atoms with Crippen LogP contribution in [-0.4, -0.2) is 34.0 Å². The number of anilines is 2. The molecule has 4 rings (SSSR count). The Labute approximate surface area is 206 Å². The van der Waals surface area contributed by atoms with Gasteiger partial charge >= 0.3 is 0 Å². The van der Waals surface area contributed by atoms with Crippen LogP contribution in [0.4, 0.5) is 15.8 Å². The average Bonchev–Trinajstić information content (AvgIpc) is 3.38. The van der Waals surface area contributed by atoms with Crippen LogP contribution >= 0.6 is 0 Å². The zero-order valence-electron chi connectivity index (χ0n) is 19.9. The third-order valence-corrected chi connectivity index (χ3v) is 8.03. The molecule has 1 aliphatic heterocycles. The third-order valence-electron chi connectivity index (χ3n) is 6.26. The second-order valence-corrected chi connectivity index (χ2v) is 10.7. The summed E-state index contributed by atoms with van der Waals surface area (Å²) in [6, 6.07) is 19.5. The van der Waals surface area contributed by atoms with Gasteiger partial charge in [0.2, 0.25) is 5.91 Å². The molecule has 1 N–H and O–H groups in total. The van der Waals surface area contributed by atoms with E-state index < -0.39 is 28.3 Å². The van der Waals surface area contributed by atoms with Crippen LogP contribution < -0.4 is 14.5 Å². The molecule has 3 aromatic rings. The Morgan fingerprint density at radius 2 is 1.63 bits per heavy atom. The molecule has 35 heavy (non-hydrogen) atoms. The fourth-order valence-electron chi connectivity index (χ4n) is 4.24. The van der Waals surface area contributed by atoms with Crippen molar-refractivity contribution in [2.45, 2.75) is 37.6 Å². The lowest BCUT2D eigenvalue weighted by atomic mass is 10.1. The lowest BCUT2D eigenvalue weighted by Crippen LogP contribution is -2.42. The summed E-state index contributed by atoms with van der Waals surface area (Å²) in [5.74, 6) is -1.25. The highest BCUT2D eigenvalue weighted by atomic mass is 32.2. The van der Waals surface area contributed by atoms with Crippen molar-refractivity contribution in [3.05, 3.63) is 89.7 Å². The standard InChI is InChI=1S/C27H30FN3O3S/c1-20-9-15-24(16-10-20)35(33,34)31(26-8-4-3-7-25(26)28)19-27(32)29-21(2)22-11-13-23(14-12-22)30-17-5-6-18-30/h3-4,7-16,21H,5-6,17-19H2,1-2H3,(H,29,32). The predicted molar refractivity (Wildman–Crippen MR) is 137 cm³/mol. The van der Waals surface area contributed by atoms with Gasteiger partial charge in [0.05, 0.1) is 16.6 Å². The molecule has 6 nitrogen and oxygen atoms in total. The van der Waals surface area contributed by atoms with Gasteiger partial charge in [-0.1, -0.05) is 42.0 Å². The monoisotopic (exact) mass is 495 g/mol. The van der Waals surface area contributed by atoms with E-state index in [0.717, 1.165) is 34.2 Å². The van der Waals surface area contributed by atoms with E-state index in [-0.39, 0.29) is 16.6 Å². The molecule has 3 aromatic carbocycles. The van der Waals surface area contributed by atoms with Gasteiger partial charge in [-0.2, -0.15) is 0 Å². The van der Waals surface area contributed by atoms with Gasteiger partial charge in [0, 0.05) is 18.8 Å². The number of hydrogen-bond donors (Lipinski definition) is 1. The molecule has 0 spiro atoms. The van der Waals surface area contributed by atoms with Crippen molar-refractivity contribution in [3.63, 3.8) is 0 Å². The summed E-state index contributed by atoms with van der Waals surface area (Å²) in [5, 5.41) is 2.86. The van der Waals surface area contributed by atoms with Crippen molar-refractivity contribution in [3.8, 4) is 0 Å². The highest BCUT2D eigenvalue weighted by molar-refractivity contribution is 7.92. The molecule has 0 aromatic heterocycles. The van der Waals surface area contributed by atoms with Crippen LogP contribution in [0.25, 0.3) is 0 Å². The fraction of sp³-hybridized carbons (Fsp3) is 0.296. The van der Waals surface area contributed by atoms with Crippen LogP contribution in [0.3, 0.4) is 0 Å². The zero-order valence-corrected chi connectivity index (χ0v) is 20.8. The summed E-state index contributed by atoms with van der Waals surface area (Å²) in [5.41, 5.74) is 2.77. The second kappa shape index (κ2) is 10.5. The van der Waals surface area contributed by atoms with Crippen molar-refractivity contribution >= 4 is 27.3 Å². The van der Waals surface area contributed by atoms with E-state index in [1.54, 1.807) is 18.2 Å². The number of para-hydroxylation sites is 1. The maximum Gasteiger partial charge on any atom is 0.264 e. The van der Waals surface area contributed by atoms with Crippen molar-refractivity contribution in [2.24, 2.45) is 0 Å². The second-order valence-electron chi connectivity index (χ2n) is 8.85. The van der Waals surface area contributed by atoms with Crippen LogP contribution in [0.1, 0.15) is 36.9 Å². The number of nitrogens with zero attached hydrogens (tertiary/aromatic N) is 2. The van der Waals surface area contributed by atoms with Gasteiger partial charge < -0.3 is 10.2 Å². The topological polar surface area (TPSA) is 69.7 Å². The summed E-state index contributed by atoms with van der Waals surface area (Å²) in [6.07, 6.45) is 2.39. The van der Waals surface area contributed by atoms with Crippen molar-refractivity contribution in [1.29, 1.82) is 0 Å². The highest BCUT2D eigenvalue weighted by Crippen LogP contribution is 2.27. The Hall–Kier alpha value is -3.39. The van der Waals surface area contributed by atoms with Gasteiger partial charge in [-0.25, -0.2) is 12.8 Å². The maximum atomic E-state index is 14.7. The van der Waals surface area contributed by atoms with Gasteiger partial charge in [-0.05, 0) is 68.7 Å². The van der Waals surface area contributed by atoms with E-state index >= 15 is 0 Å². The smallest absolute Gasteiger partial charge is 0.264 e. The third kappa shape index (κ3) is 5.65. The molecule has 1 atom stereocenters. The lowest BCUT2D eigenvalue weighted by Gasteiger charge is -2.25. The maximum absolute atomic E-state index is 14.7. The van der Waals surface area contributed by atoms with Gasteiger partial charge in [-0.15, -0.1) is 0 Å². The van der Waals surface area contributed by atoms with Crippen LogP contribution in [0.5, 0.6) is 0 Å². The molecule has 0 radical (unpaired) electrons. The summed E-state index contributed by atoms with van der Waals surface area (Å²) in [6.45, 7) is 5.23. The zero-order chi connectivity index (χ0) is 25.0. The number of amides is 1. The van der Waals surface area contributed by atoms with E-state index in [1.165, 1.54) is 43.2 Å². The number of nitrogens with one attached hydrogen (secondary N) is 1. The van der Waals surface area contributed by atoms with Crippen LogP contribution in [-0.2, 0) is 14.8 Å². The van der Waals surface area contributed by atoms with Crippen molar-refractivity contribution in [1.82, 2.24) is 5.32 Å². The molecule has 1 aliphatic rings. The summed E-state index contributed by atoms with van der Waals surface area (Å²) in [4.78, 5) is 15.3. The number of aryl methyl sites for hydroxylation is 1. The first-order valence-electron chi connectivity index (χ1n) is 11.7. The van der Waals surface area contributed by atoms with E-state index in [4.69, 9.17) is 0 Å². The number of hydrogen-bond acceptors (Lipinski definition) is 4. The van der Waals surface area contributed by atoms with Gasteiger partial charge in [-0.3, -0.25) is 9.10 Å². The first kappa shape index (κ1) is 24.7. The molecule has 0 aliphatic carbocycles. The molecule has 8 heteroatoms. The number of carbonyl (C=O) groups excluding carboxylic acids is 1. The summed E-state index contributed by atoms with van der Waals surface area (Å²) < 4.78 is 42.3. The Kier molecular flexibility index (Phi) is 7.40. The minimum atomic E-state index is -4.18. The average molecular weight is 496 g/mol. The van der Waals surface area contributed by atoms with Crippen LogP contribution in [0.15, 0.2) is 77.7 Å². The number of halogens is 1. The van der Waals surface area contributed by atoms with E-state index in [0.29, 0.717) is 0 Å². The van der Waals surface area contributed by atoms with E-state index in [2.05, 4.69) is 10.2 Å². The first-order valence-corrected chi connectivity index (χ1v) is 13.2. The van der Waals surface area contributed by atoms with Crippen molar-refractivity contribution < 1.29 is 17.6 Å². The van der Waals surface area contributed by atoms with Crippen LogP contribution in [0.2, 0.25) is 0 Å². The molecule has 1 amide bonds. The predicted octanol–water partition coefficient (Wildman–Crippen LogP) is 4.81. The molecule has 0 saturated carbocycles. The number of benzene rings is 3. The first-order chi connectivity index (χ1) is 16.8. The van der Waals surface area contributed by atoms with Gasteiger partial charge in [0.1, 0.15) is 12.4 Å². The molecular weight excluding hydrogens is 465 g/mol. The Bertz CT molecular complexity index is 1270. The molecule has 0 bridgehead atoms. The minimum Gasteiger partial charge on any atom is -0.372 e. The number of rotatable bonds is 8. The van der Waals surface area contributed by atoms with Gasteiger partial charge in [0.15, 0.2) is 0 Å². The molecule has 1 saturated heterocycles. The molecule has 1 unspecified atom stereocenters. The highest BCUT2D eigenvalue weighted by Gasteiger charge is 2.29. The lowest BCUT2D eigenvalue weighted by molar-refractivity contribution is -0.120. The Morgan fingerprint density at radius 1 is 1.00 bits per heavy atom. The normalized spacial score (nSPS) is 14.5. The quantitative estimate of drug-likeness (QED) is 0.487. The molecule has 1 fully saturated rings. The molecule has 184 valence electrons. The summed E-state index contributed by atoms with van der Waals surface area (Å²) in [7, 11) is -4.18. The minimum absolute atomic E-state index is 0.00953. The Morgan fingerprint density at radius 3 is 2.26 bits per heavy atom. The van der Waals surface area contributed by atoms with Crippen LogP contribution in [0, 0.1) is 12.7 Å². The Balaban J connectivity index is 1.53.